The first kappa shape index (κ1) is 21.4. The molecule has 24 heavy (non-hydrogen) atoms. The predicted octanol–water partition coefficient (Wildman–Crippen LogP) is 4.55. The minimum absolute atomic E-state index is 0.0668. The summed E-state index contributed by atoms with van der Waals surface area (Å²) >= 11 is 0. The highest BCUT2D eigenvalue weighted by Gasteiger charge is 2.38. The Labute approximate surface area is 148 Å². The first-order chi connectivity index (χ1) is 10.5. The van der Waals surface area contributed by atoms with Gasteiger partial charge in [0, 0.05) is 11.6 Å². The van der Waals surface area contributed by atoms with Gasteiger partial charge in [-0.15, -0.1) is 0 Å². The molecule has 1 rings (SSSR count). The van der Waals surface area contributed by atoms with Gasteiger partial charge in [0.15, 0.2) is 18.2 Å². The van der Waals surface area contributed by atoms with Gasteiger partial charge in [-0.25, -0.2) is 9.35 Å². The third kappa shape index (κ3) is 4.71. The zero-order valence-corrected chi connectivity index (χ0v) is 18.4. The van der Waals surface area contributed by atoms with Gasteiger partial charge >= 0.3 is 0 Å². The summed E-state index contributed by atoms with van der Waals surface area (Å²) < 4.78 is 23.3. The standard InChI is InChI=1S/C17H34N2O3SSi/c1-12(2)11-17(7,20)14-10-15(22-13(14)3)23(18,21)19-24(8,9)16(4,5)6/h10,12,20H,11H2,1-9H3,(H2,18,19,21). The highest BCUT2D eigenvalue weighted by molar-refractivity contribution is 7.92. The maximum atomic E-state index is 13.0. The number of aliphatic hydroxyl groups is 1. The molecule has 0 amide bonds. The van der Waals surface area contributed by atoms with E-state index in [1.165, 1.54) is 0 Å². The Bertz CT molecular complexity index is 706. The molecule has 140 valence electrons. The van der Waals surface area contributed by atoms with Crippen molar-refractivity contribution in [1.82, 2.24) is 0 Å². The molecule has 0 saturated heterocycles. The Morgan fingerprint density at radius 1 is 1.33 bits per heavy atom. The SMILES string of the molecule is Cc1oc(S(N)(=O)=N[Si](C)(C)C(C)(C)C)cc1C(C)(O)CC(C)C. The Morgan fingerprint density at radius 3 is 2.25 bits per heavy atom. The monoisotopic (exact) mass is 374 g/mol. The van der Waals surface area contributed by atoms with Crippen LogP contribution in [0.25, 0.3) is 0 Å². The van der Waals surface area contributed by atoms with Crippen LogP contribution in [0.5, 0.6) is 0 Å². The van der Waals surface area contributed by atoms with Gasteiger partial charge in [0.05, 0.1) is 5.60 Å². The van der Waals surface area contributed by atoms with Crippen molar-refractivity contribution in [3.63, 3.8) is 0 Å². The molecule has 1 heterocycles. The molecular weight excluding hydrogens is 340 g/mol. The highest BCUT2D eigenvalue weighted by Crippen LogP contribution is 2.39. The average Bonchev–Trinajstić information content (AvgIpc) is 2.68. The van der Waals surface area contributed by atoms with Crippen LogP contribution in [0.1, 0.15) is 59.3 Å². The summed E-state index contributed by atoms with van der Waals surface area (Å²) in [4.78, 5) is 0. The van der Waals surface area contributed by atoms with Gasteiger partial charge in [0.25, 0.3) is 0 Å². The minimum Gasteiger partial charge on any atom is -0.450 e. The number of rotatable bonds is 5. The molecular formula is C17H34N2O3SSi. The van der Waals surface area contributed by atoms with E-state index in [0.717, 1.165) is 0 Å². The molecule has 5 nitrogen and oxygen atoms in total. The van der Waals surface area contributed by atoms with Gasteiger partial charge < -0.3 is 9.52 Å². The number of hydrogen-bond acceptors (Lipinski definition) is 4. The first-order valence-corrected chi connectivity index (χ1v) is 12.9. The fourth-order valence-corrected chi connectivity index (χ4v) is 7.26. The summed E-state index contributed by atoms with van der Waals surface area (Å²) in [6, 6.07) is 1.62. The summed E-state index contributed by atoms with van der Waals surface area (Å²) in [5, 5.41) is 16.9. The summed E-state index contributed by atoms with van der Waals surface area (Å²) in [5.41, 5.74) is -0.415. The van der Waals surface area contributed by atoms with Crippen LogP contribution in [0.15, 0.2) is 19.6 Å². The molecule has 0 radical (unpaired) electrons. The van der Waals surface area contributed by atoms with Crippen LogP contribution < -0.4 is 5.14 Å². The van der Waals surface area contributed by atoms with Crippen molar-refractivity contribution in [1.29, 1.82) is 0 Å². The van der Waals surface area contributed by atoms with Crippen LogP contribution in [0.4, 0.5) is 0 Å². The lowest BCUT2D eigenvalue weighted by Gasteiger charge is -2.32. The number of hydrogen-bond donors (Lipinski definition) is 2. The van der Waals surface area contributed by atoms with E-state index >= 15 is 0 Å². The molecule has 0 aromatic carbocycles. The highest BCUT2D eigenvalue weighted by atomic mass is 32.2. The van der Waals surface area contributed by atoms with Crippen LogP contribution in [-0.2, 0) is 15.5 Å². The van der Waals surface area contributed by atoms with Gasteiger partial charge in [-0.2, -0.15) is 0 Å². The summed E-state index contributed by atoms with van der Waals surface area (Å²) in [6.07, 6.45) is 0.581. The molecule has 0 fully saturated rings. The van der Waals surface area contributed by atoms with E-state index < -0.39 is 23.8 Å². The summed E-state index contributed by atoms with van der Waals surface area (Å²) in [5.74, 6) is 0.858. The van der Waals surface area contributed by atoms with E-state index in [1.54, 1.807) is 19.9 Å². The van der Waals surface area contributed by atoms with Gasteiger partial charge in [-0.05, 0) is 44.3 Å². The summed E-state index contributed by atoms with van der Waals surface area (Å²) in [7, 11) is -5.33. The molecule has 2 atom stereocenters. The van der Waals surface area contributed by atoms with E-state index in [1.807, 2.05) is 26.9 Å². The normalized spacial score (nSPS) is 18.3. The lowest BCUT2D eigenvalue weighted by Crippen LogP contribution is -2.37. The second kappa shape index (κ2) is 6.59. The maximum absolute atomic E-state index is 13.0. The van der Waals surface area contributed by atoms with Crippen molar-refractivity contribution in [2.24, 2.45) is 15.1 Å². The molecule has 1 aromatic rings. The topological polar surface area (TPSA) is 88.8 Å². The van der Waals surface area contributed by atoms with Crippen molar-refractivity contribution in [3.05, 3.63) is 17.4 Å². The predicted molar refractivity (Wildman–Crippen MR) is 103 cm³/mol. The Balaban J connectivity index is 3.40. The van der Waals surface area contributed by atoms with Crippen LogP contribution in [0, 0.1) is 12.8 Å². The minimum atomic E-state index is -3.13. The Kier molecular flexibility index (Phi) is 5.88. The zero-order chi connectivity index (χ0) is 19.1. The quantitative estimate of drug-likeness (QED) is 0.741. The Hall–Kier alpha value is -0.633. The average molecular weight is 375 g/mol. The molecule has 0 aliphatic heterocycles. The second-order valence-corrected chi connectivity index (χ2v) is 15.8. The van der Waals surface area contributed by atoms with E-state index in [-0.39, 0.29) is 10.1 Å². The summed E-state index contributed by atoms with van der Waals surface area (Å²) in [6.45, 7) is 18.0. The van der Waals surface area contributed by atoms with Gasteiger partial charge in [-0.1, -0.05) is 34.6 Å². The van der Waals surface area contributed by atoms with E-state index in [4.69, 9.17) is 9.56 Å². The number of furan rings is 1. The lowest BCUT2D eigenvalue weighted by atomic mass is 9.88. The maximum Gasteiger partial charge on any atom is 0.212 e. The van der Waals surface area contributed by atoms with Crippen molar-refractivity contribution < 1.29 is 13.7 Å². The van der Waals surface area contributed by atoms with Crippen molar-refractivity contribution >= 4 is 18.2 Å². The largest absolute Gasteiger partial charge is 0.450 e. The second-order valence-electron chi connectivity index (χ2n) is 8.88. The molecule has 0 bridgehead atoms. The molecule has 0 aliphatic rings. The van der Waals surface area contributed by atoms with Crippen molar-refractivity contribution in [2.45, 2.75) is 83.7 Å². The number of nitrogens with two attached hydrogens (primary N) is 1. The van der Waals surface area contributed by atoms with Gasteiger partial charge in [0.1, 0.15) is 5.76 Å². The third-order valence-corrected chi connectivity index (χ3v) is 12.1. The Morgan fingerprint density at radius 2 is 1.83 bits per heavy atom. The lowest BCUT2D eigenvalue weighted by molar-refractivity contribution is 0.0335. The number of nitrogens with zero attached hydrogens (tertiary/aromatic N) is 1. The zero-order valence-electron chi connectivity index (χ0n) is 16.6. The van der Waals surface area contributed by atoms with Crippen molar-refractivity contribution in [3.8, 4) is 0 Å². The van der Waals surface area contributed by atoms with E-state index in [2.05, 4.69) is 24.8 Å². The molecule has 2 unspecified atom stereocenters. The van der Waals surface area contributed by atoms with Crippen LogP contribution in [-0.4, -0.2) is 17.6 Å². The molecule has 1 aromatic heterocycles. The molecule has 0 spiro atoms. The third-order valence-electron chi connectivity index (χ3n) is 4.77. The fraction of sp³-hybridized carbons (Fsp3) is 0.765. The van der Waals surface area contributed by atoms with Crippen molar-refractivity contribution in [2.75, 3.05) is 0 Å². The van der Waals surface area contributed by atoms with Crippen LogP contribution >= 0.6 is 0 Å². The smallest absolute Gasteiger partial charge is 0.212 e. The molecule has 3 N–H and O–H groups in total. The van der Waals surface area contributed by atoms with Crippen LogP contribution in [0.2, 0.25) is 18.1 Å². The molecule has 7 heteroatoms. The molecule has 0 aliphatic carbocycles. The first-order valence-electron chi connectivity index (χ1n) is 8.39. The van der Waals surface area contributed by atoms with Gasteiger partial charge in [0.2, 0.25) is 5.09 Å². The van der Waals surface area contributed by atoms with E-state index in [9.17, 15) is 9.32 Å². The van der Waals surface area contributed by atoms with Gasteiger partial charge in [-0.3, -0.25) is 4.03 Å². The fourth-order valence-electron chi connectivity index (χ4n) is 2.56. The van der Waals surface area contributed by atoms with E-state index in [0.29, 0.717) is 23.7 Å². The number of aryl methyl sites for hydroxylation is 1. The molecule has 0 saturated carbocycles. The van der Waals surface area contributed by atoms with Crippen LogP contribution in [0.3, 0.4) is 0 Å².